The number of rotatable bonds is 0. The summed E-state index contributed by atoms with van der Waals surface area (Å²) in [5.74, 6) is 3.67. The van der Waals surface area contributed by atoms with Gasteiger partial charge < -0.3 is 0 Å². The normalized spacial score (nSPS) is 52.7. The lowest BCUT2D eigenvalue weighted by atomic mass is 9.46. The summed E-state index contributed by atoms with van der Waals surface area (Å²) < 4.78 is 0. The van der Waals surface area contributed by atoms with Crippen LogP contribution in [0.5, 0.6) is 0 Å². The SMILES string of the molecule is C[C@H]1C[C@@H]2[C@H](CC[C@]3(C)C(=O)CC[C@@H]23)[C@@]2(C)CCCC=C12. The Bertz CT molecular complexity index is 504. The van der Waals surface area contributed by atoms with Crippen LogP contribution in [0.25, 0.3) is 0 Å². The monoisotopic (exact) mass is 286 g/mol. The quantitative estimate of drug-likeness (QED) is 0.562. The van der Waals surface area contributed by atoms with Crippen LogP contribution in [0.1, 0.15) is 72.1 Å². The molecule has 1 heteroatoms. The fraction of sp³-hybridized carbons (Fsp3) is 0.850. The first kappa shape index (κ1) is 14.0. The highest BCUT2D eigenvalue weighted by Gasteiger charge is 2.59. The van der Waals surface area contributed by atoms with E-state index in [2.05, 4.69) is 26.8 Å². The van der Waals surface area contributed by atoms with Gasteiger partial charge in [-0.15, -0.1) is 0 Å². The summed E-state index contributed by atoms with van der Waals surface area (Å²) >= 11 is 0. The van der Waals surface area contributed by atoms with Gasteiger partial charge in [0.25, 0.3) is 0 Å². The summed E-state index contributed by atoms with van der Waals surface area (Å²) in [5, 5.41) is 0. The molecule has 0 saturated heterocycles. The molecule has 4 aliphatic carbocycles. The molecule has 4 aliphatic rings. The lowest BCUT2D eigenvalue weighted by molar-refractivity contribution is -0.133. The van der Waals surface area contributed by atoms with E-state index in [0.717, 1.165) is 30.6 Å². The van der Waals surface area contributed by atoms with Gasteiger partial charge in [0.15, 0.2) is 0 Å². The molecule has 0 N–H and O–H groups in total. The van der Waals surface area contributed by atoms with Crippen LogP contribution >= 0.6 is 0 Å². The van der Waals surface area contributed by atoms with Gasteiger partial charge in [-0.2, -0.15) is 0 Å². The van der Waals surface area contributed by atoms with Gasteiger partial charge in [0.05, 0.1) is 0 Å². The van der Waals surface area contributed by atoms with Gasteiger partial charge in [0.1, 0.15) is 5.78 Å². The van der Waals surface area contributed by atoms with Crippen molar-refractivity contribution in [3.8, 4) is 0 Å². The summed E-state index contributed by atoms with van der Waals surface area (Å²) in [5.41, 5.74) is 2.27. The van der Waals surface area contributed by atoms with Crippen LogP contribution in [0.15, 0.2) is 11.6 Å². The summed E-state index contributed by atoms with van der Waals surface area (Å²) in [6.07, 6.45) is 12.5. The number of carbonyl (C=O) groups excluding carboxylic acids is 1. The molecule has 4 rings (SSSR count). The number of hydrogen-bond acceptors (Lipinski definition) is 1. The third-order valence-corrected chi connectivity index (χ3v) is 8.05. The molecule has 0 unspecified atom stereocenters. The Balaban J connectivity index is 1.73. The largest absolute Gasteiger partial charge is 0.299 e. The topological polar surface area (TPSA) is 17.1 Å². The van der Waals surface area contributed by atoms with Gasteiger partial charge in [-0.05, 0) is 74.0 Å². The highest BCUT2D eigenvalue weighted by molar-refractivity contribution is 5.87. The van der Waals surface area contributed by atoms with Crippen molar-refractivity contribution in [2.75, 3.05) is 0 Å². The third-order valence-electron chi connectivity index (χ3n) is 8.05. The standard InChI is InChI=1S/C20H30O/c1-13-12-14-16-7-8-18(21)20(16,3)11-9-17(14)19(2)10-5-4-6-15(13)19/h6,13-14,16-17H,4-5,7-12H2,1-3H3/t13-,14-,16-,17-,19-,20-/m0/s1. The van der Waals surface area contributed by atoms with Crippen molar-refractivity contribution in [3.05, 3.63) is 11.6 Å². The van der Waals surface area contributed by atoms with Crippen molar-refractivity contribution in [1.29, 1.82) is 0 Å². The average molecular weight is 286 g/mol. The third kappa shape index (κ3) is 1.72. The second-order valence-corrected chi connectivity index (χ2v) is 8.90. The van der Waals surface area contributed by atoms with Gasteiger partial charge in [-0.3, -0.25) is 4.79 Å². The lowest BCUT2D eigenvalue weighted by Gasteiger charge is -2.58. The predicted octanol–water partition coefficient (Wildman–Crippen LogP) is 5.15. The lowest BCUT2D eigenvalue weighted by Crippen LogP contribution is -2.51. The molecule has 6 atom stereocenters. The summed E-state index contributed by atoms with van der Waals surface area (Å²) in [6.45, 7) is 7.31. The van der Waals surface area contributed by atoms with E-state index in [9.17, 15) is 4.79 Å². The minimum atomic E-state index is 0.0349. The molecule has 0 aromatic heterocycles. The Kier molecular flexibility index (Phi) is 2.98. The van der Waals surface area contributed by atoms with E-state index in [1.165, 1.54) is 38.5 Å². The Labute approximate surface area is 129 Å². The van der Waals surface area contributed by atoms with Crippen molar-refractivity contribution in [2.45, 2.75) is 72.1 Å². The number of carbonyl (C=O) groups is 1. The molecule has 3 saturated carbocycles. The van der Waals surface area contributed by atoms with Gasteiger partial charge in [-0.25, -0.2) is 0 Å². The first-order valence-corrected chi connectivity index (χ1v) is 9.20. The molecule has 1 nitrogen and oxygen atoms in total. The maximum Gasteiger partial charge on any atom is 0.139 e. The number of Topliss-reactive ketones (excluding diaryl/α,β-unsaturated/α-hetero) is 1. The zero-order valence-electron chi connectivity index (χ0n) is 14.0. The number of ketones is 1. The minimum Gasteiger partial charge on any atom is -0.299 e. The van der Waals surface area contributed by atoms with E-state index in [-0.39, 0.29) is 5.41 Å². The molecule has 0 spiro atoms. The number of hydrogen-bond donors (Lipinski definition) is 0. The summed E-state index contributed by atoms with van der Waals surface area (Å²) in [4.78, 5) is 12.4. The van der Waals surface area contributed by atoms with Crippen LogP contribution in [-0.4, -0.2) is 5.78 Å². The van der Waals surface area contributed by atoms with E-state index >= 15 is 0 Å². The molecule has 0 aromatic carbocycles. The molecule has 0 amide bonds. The van der Waals surface area contributed by atoms with E-state index < -0.39 is 0 Å². The smallest absolute Gasteiger partial charge is 0.139 e. The molecule has 0 aromatic rings. The Morgan fingerprint density at radius 2 is 1.86 bits per heavy atom. The molecule has 0 aliphatic heterocycles. The second kappa shape index (κ2) is 4.46. The molecular formula is C20H30O. The van der Waals surface area contributed by atoms with Crippen molar-refractivity contribution in [3.63, 3.8) is 0 Å². The van der Waals surface area contributed by atoms with Gasteiger partial charge in [-0.1, -0.05) is 32.4 Å². The molecule has 116 valence electrons. The molecule has 0 bridgehead atoms. The fourth-order valence-corrected chi connectivity index (χ4v) is 6.98. The predicted molar refractivity (Wildman–Crippen MR) is 85.9 cm³/mol. The molecule has 21 heavy (non-hydrogen) atoms. The zero-order valence-corrected chi connectivity index (χ0v) is 14.0. The van der Waals surface area contributed by atoms with Crippen LogP contribution in [-0.2, 0) is 4.79 Å². The van der Waals surface area contributed by atoms with Crippen LogP contribution in [0.4, 0.5) is 0 Å². The van der Waals surface area contributed by atoms with Crippen LogP contribution < -0.4 is 0 Å². The Morgan fingerprint density at radius 3 is 2.67 bits per heavy atom. The maximum absolute atomic E-state index is 12.4. The number of fused-ring (bicyclic) bond motifs is 5. The van der Waals surface area contributed by atoms with Crippen LogP contribution in [0.2, 0.25) is 0 Å². The second-order valence-electron chi connectivity index (χ2n) is 8.90. The van der Waals surface area contributed by atoms with Crippen LogP contribution in [0.3, 0.4) is 0 Å². The highest BCUT2D eigenvalue weighted by Crippen LogP contribution is 2.65. The van der Waals surface area contributed by atoms with Gasteiger partial charge in [0.2, 0.25) is 0 Å². The maximum atomic E-state index is 12.4. The van der Waals surface area contributed by atoms with E-state index in [0.29, 0.717) is 17.1 Å². The average Bonchev–Trinajstić information content (AvgIpc) is 2.75. The van der Waals surface area contributed by atoms with E-state index in [4.69, 9.17) is 0 Å². The number of allylic oxidation sites excluding steroid dienone is 2. The fourth-order valence-electron chi connectivity index (χ4n) is 6.98. The van der Waals surface area contributed by atoms with Crippen molar-refractivity contribution >= 4 is 5.78 Å². The van der Waals surface area contributed by atoms with E-state index in [1.54, 1.807) is 5.57 Å². The van der Waals surface area contributed by atoms with Crippen molar-refractivity contribution in [2.24, 2.45) is 34.5 Å². The van der Waals surface area contributed by atoms with Crippen molar-refractivity contribution < 1.29 is 4.79 Å². The Morgan fingerprint density at radius 1 is 1.10 bits per heavy atom. The first-order valence-electron chi connectivity index (χ1n) is 9.20. The molecule has 0 heterocycles. The summed E-state index contributed by atoms with van der Waals surface area (Å²) in [6, 6.07) is 0. The van der Waals surface area contributed by atoms with Gasteiger partial charge >= 0.3 is 0 Å². The molecule has 0 radical (unpaired) electrons. The highest BCUT2D eigenvalue weighted by atomic mass is 16.1. The first-order chi connectivity index (χ1) is 9.97. The van der Waals surface area contributed by atoms with E-state index in [1.807, 2.05) is 0 Å². The summed E-state index contributed by atoms with van der Waals surface area (Å²) in [7, 11) is 0. The Hall–Kier alpha value is -0.590. The minimum absolute atomic E-state index is 0.0349. The zero-order chi connectivity index (χ0) is 14.8. The van der Waals surface area contributed by atoms with Gasteiger partial charge in [0, 0.05) is 11.8 Å². The van der Waals surface area contributed by atoms with Crippen LogP contribution in [0, 0.1) is 34.5 Å². The van der Waals surface area contributed by atoms with Crippen molar-refractivity contribution in [1.82, 2.24) is 0 Å². The molecular weight excluding hydrogens is 256 g/mol. The molecule has 3 fully saturated rings.